The number of ether oxygens (including phenoxy) is 1. The Bertz CT molecular complexity index is 1640. The first-order chi connectivity index (χ1) is 19.8. The van der Waals surface area contributed by atoms with Gasteiger partial charge in [0.2, 0.25) is 5.91 Å². The minimum absolute atomic E-state index is 0.0683. The van der Waals surface area contributed by atoms with Gasteiger partial charge >= 0.3 is 6.09 Å². The smallest absolute Gasteiger partial charge is 0.407 e. The molecule has 0 aromatic heterocycles. The van der Waals surface area contributed by atoms with Crippen LogP contribution in [0.25, 0.3) is 10.8 Å². The number of hydrogen-bond donors (Lipinski definition) is 3. The number of benzene rings is 3. The Kier molecular flexibility index (Phi) is 9.33. The summed E-state index contributed by atoms with van der Waals surface area (Å²) in [6.07, 6.45) is -0.318. The molecule has 3 aromatic carbocycles. The Labute approximate surface area is 246 Å². The molecule has 42 heavy (non-hydrogen) atoms. The number of sulfonamides is 1. The highest BCUT2D eigenvalue weighted by atomic mass is 32.2. The molecule has 0 atom stereocenters. The molecular formula is C31H36N4O6S. The van der Waals surface area contributed by atoms with Crippen LogP contribution >= 0.6 is 0 Å². The average Bonchev–Trinajstić information content (AvgIpc) is 2.93. The van der Waals surface area contributed by atoms with Gasteiger partial charge in [-0.05, 0) is 56.7 Å². The fourth-order valence-electron chi connectivity index (χ4n) is 4.62. The molecule has 3 aromatic rings. The SMILES string of the molecule is CC1=C(CC(=O)NCc2ccccc2CNC(=O)OC(C)(C)C)C(=O)N(NS(=O)(=O)c2cccc3ccccc23)CC1. The van der Waals surface area contributed by atoms with Crippen LogP contribution in [-0.2, 0) is 37.4 Å². The molecule has 3 amide bonds. The van der Waals surface area contributed by atoms with Crippen molar-refractivity contribution < 1.29 is 27.5 Å². The van der Waals surface area contributed by atoms with E-state index in [1.54, 1.807) is 45.9 Å². The monoisotopic (exact) mass is 592 g/mol. The van der Waals surface area contributed by atoms with E-state index < -0.39 is 27.6 Å². The molecule has 222 valence electrons. The topological polar surface area (TPSA) is 134 Å². The van der Waals surface area contributed by atoms with E-state index in [2.05, 4.69) is 15.5 Å². The maximum absolute atomic E-state index is 13.3. The van der Waals surface area contributed by atoms with Gasteiger partial charge in [0.05, 0.1) is 11.3 Å². The van der Waals surface area contributed by atoms with Crippen LogP contribution in [0.1, 0.15) is 51.7 Å². The van der Waals surface area contributed by atoms with Crippen molar-refractivity contribution in [2.24, 2.45) is 0 Å². The maximum Gasteiger partial charge on any atom is 0.407 e. The predicted octanol–water partition coefficient (Wildman–Crippen LogP) is 4.31. The Morgan fingerprint density at radius 3 is 2.21 bits per heavy atom. The van der Waals surface area contributed by atoms with Crippen LogP contribution in [0.5, 0.6) is 0 Å². The van der Waals surface area contributed by atoms with Crippen molar-refractivity contribution >= 4 is 38.7 Å². The predicted molar refractivity (Wildman–Crippen MR) is 159 cm³/mol. The number of hydrazine groups is 1. The van der Waals surface area contributed by atoms with E-state index in [-0.39, 0.29) is 42.4 Å². The molecule has 1 heterocycles. The third kappa shape index (κ3) is 7.74. The summed E-state index contributed by atoms with van der Waals surface area (Å²) in [5.74, 6) is -0.939. The van der Waals surface area contributed by atoms with Crippen LogP contribution in [-0.4, -0.2) is 43.5 Å². The molecule has 10 nitrogen and oxygen atoms in total. The third-order valence-corrected chi connectivity index (χ3v) is 8.15. The van der Waals surface area contributed by atoms with Crippen molar-refractivity contribution in [3.63, 3.8) is 0 Å². The van der Waals surface area contributed by atoms with Gasteiger partial charge in [-0.15, -0.1) is 4.83 Å². The lowest BCUT2D eigenvalue weighted by Crippen LogP contribution is -2.49. The van der Waals surface area contributed by atoms with Gasteiger partial charge in [-0.3, -0.25) is 14.6 Å². The summed E-state index contributed by atoms with van der Waals surface area (Å²) in [4.78, 5) is 40.8. The highest BCUT2D eigenvalue weighted by molar-refractivity contribution is 7.89. The molecule has 11 heteroatoms. The summed E-state index contributed by atoms with van der Waals surface area (Å²) in [5, 5.41) is 7.93. The summed E-state index contributed by atoms with van der Waals surface area (Å²) in [6.45, 7) is 7.67. The zero-order valence-corrected chi connectivity index (χ0v) is 25.0. The second-order valence-electron chi connectivity index (χ2n) is 11.1. The number of alkyl carbamates (subject to hydrolysis) is 1. The van der Waals surface area contributed by atoms with Crippen LogP contribution in [0, 0.1) is 0 Å². The summed E-state index contributed by atoms with van der Waals surface area (Å²) in [6, 6.07) is 19.4. The second kappa shape index (κ2) is 12.7. The molecule has 0 radical (unpaired) electrons. The van der Waals surface area contributed by atoms with Crippen molar-refractivity contribution in [1.82, 2.24) is 20.5 Å². The molecule has 0 saturated heterocycles. The third-order valence-electron chi connectivity index (χ3n) is 6.75. The number of carbonyl (C=O) groups is 3. The van der Waals surface area contributed by atoms with Gasteiger partial charge in [-0.1, -0.05) is 66.2 Å². The fraction of sp³-hybridized carbons (Fsp3) is 0.323. The summed E-state index contributed by atoms with van der Waals surface area (Å²) in [5.41, 5.74) is 1.97. The minimum Gasteiger partial charge on any atom is -0.444 e. The number of fused-ring (bicyclic) bond motifs is 1. The van der Waals surface area contributed by atoms with Crippen LogP contribution in [0.2, 0.25) is 0 Å². The zero-order valence-electron chi connectivity index (χ0n) is 24.2. The highest BCUT2D eigenvalue weighted by Crippen LogP contribution is 2.25. The molecule has 1 aliphatic rings. The Hall–Kier alpha value is -4.22. The number of rotatable bonds is 9. The fourth-order valence-corrected chi connectivity index (χ4v) is 5.91. The first kappa shape index (κ1) is 30.7. The number of hydrogen-bond acceptors (Lipinski definition) is 6. The first-order valence-corrected chi connectivity index (χ1v) is 15.1. The van der Waals surface area contributed by atoms with Crippen molar-refractivity contribution in [1.29, 1.82) is 0 Å². The largest absolute Gasteiger partial charge is 0.444 e. The molecule has 0 bridgehead atoms. The van der Waals surface area contributed by atoms with E-state index in [0.29, 0.717) is 11.8 Å². The van der Waals surface area contributed by atoms with E-state index in [1.165, 1.54) is 6.07 Å². The van der Waals surface area contributed by atoms with E-state index in [9.17, 15) is 22.8 Å². The first-order valence-electron chi connectivity index (χ1n) is 13.6. The highest BCUT2D eigenvalue weighted by Gasteiger charge is 2.31. The van der Waals surface area contributed by atoms with Crippen LogP contribution in [0.15, 0.2) is 82.8 Å². The minimum atomic E-state index is -4.07. The van der Waals surface area contributed by atoms with Crippen molar-refractivity contribution in [3.8, 4) is 0 Å². The molecule has 0 aliphatic carbocycles. The van der Waals surface area contributed by atoms with Gasteiger partial charge in [0.15, 0.2) is 0 Å². The lowest BCUT2D eigenvalue weighted by molar-refractivity contribution is -0.131. The Balaban J connectivity index is 1.38. The van der Waals surface area contributed by atoms with Gasteiger partial charge in [-0.25, -0.2) is 13.2 Å². The standard InChI is InChI=1S/C31H36N4O6S/c1-21-16-17-35(34-42(39,40)27-15-9-13-22-10-7-8-14-25(22)27)29(37)26(21)18-28(36)32-19-23-11-5-6-12-24(23)20-33-30(38)41-31(2,3)4/h5-15,34H,16-20H2,1-4H3,(H,32,36)(H,33,38). The van der Waals surface area contributed by atoms with E-state index in [1.807, 2.05) is 42.5 Å². The number of amides is 3. The van der Waals surface area contributed by atoms with Crippen LogP contribution in [0.3, 0.4) is 0 Å². The van der Waals surface area contributed by atoms with Crippen molar-refractivity contribution in [2.45, 2.75) is 64.1 Å². The van der Waals surface area contributed by atoms with E-state index >= 15 is 0 Å². The zero-order chi connectivity index (χ0) is 30.5. The van der Waals surface area contributed by atoms with Gasteiger partial charge in [0.25, 0.3) is 15.9 Å². The summed E-state index contributed by atoms with van der Waals surface area (Å²) < 4.78 is 31.9. The molecule has 1 aliphatic heterocycles. The van der Waals surface area contributed by atoms with Gasteiger partial charge < -0.3 is 15.4 Å². The molecule has 4 rings (SSSR count). The molecule has 0 spiro atoms. The average molecular weight is 593 g/mol. The molecule has 0 unspecified atom stereocenters. The molecule has 0 fully saturated rings. The Morgan fingerprint density at radius 2 is 1.52 bits per heavy atom. The molecule has 3 N–H and O–H groups in total. The molecule has 0 saturated carbocycles. The van der Waals surface area contributed by atoms with Crippen molar-refractivity contribution in [3.05, 3.63) is 89.0 Å². The lowest BCUT2D eigenvalue weighted by Gasteiger charge is -2.29. The van der Waals surface area contributed by atoms with Crippen LogP contribution < -0.4 is 15.5 Å². The Morgan fingerprint density at radius 1 is 0.905 bits per heavy atom. The molecular weight excluding hydrogens is 556 g/mol. The number of nitrogens with one attached hydrogen (secondary N) is 3. The number of nitrogens with zero attached hydrogens (tertiary/aromatic N) is 1. The summed E-state index contributed by atoms with van der Waals surface area (Å²) in [7, 11) is -4.07. The van der Waals surface area contributed by atoms with Gasteiger partial charge in [0.1, 0.15) is 5.60 Å². The number of carbonyl (C=O) groups excluding carboxylic acids is 3. The quantitative estimate of drug-likeness (QED) is 0.339. The van der Waals surface area contributed by atoms with Crippen molar-refractivity contribution in [2.75, 3.05) is 6.54 Å². The van der Waals surface area contributed by atoms with Gasteiger partial charge in [-0.2, -0.15) is 0 Å². The summed E-state index contributed by atoms with van der Waals surface area (Å²) >= 11 is 0. The lowest BCUT2D eigenvalue weighted by atomic mass is 9.98. The second-order valence-corrected chi connectivity index (χ2v) is 12.7. The van der Waals surface area contributed by atoms with E-state index in [4.69, 9.17) is 4.74 Å². The van der Waals surface area contributed by atoms with Gasteiger partial charge in [0, 0.05) is 30.6 Å². The normalized spacial score (nSPS) is 14.2. The van der Waals surface area contributed by atoms with E-state index in [0.717, 1.165) is 27.1 Å². The maximum atomic E-state index is 13.3. The van der Waals surface area contributed by atoms with Crippen LogP contribution in [0.4, 0.5) is 4.79 Å².